The molecule has 0 radical (unpaired) electrons. The van der Waals surface area contributed by atoms with Gasteiger partial charge in [-0.1, -0.05) is 0 Å². The van der Waals surface area contributed by atoms with Crippen LogP contribution < -0.4 is 15.0 Å². The molecule has 0 bridgehead atoms. The van der Waals surface area contributed by atoms with E-state index in [0.717, 1.165) is 32.0 Å². The summed E-state index contributed by atoms with van der Waals surface area (Å²) in [6.45, 7) is 8.42. The highest BCUT2D eigenvalue weighted by Gasteiger charge is 2.15. The van der Waals surface area contributed by atoms with Gasteiger partial charge in [-0.15, -0.1) is 0 Å². The van der Waals surface area contributed by atoms with Crippen LogP contribution in [0.4, 0.5) is 5.69 Å². The van der Waals surface area contributed by atoms with E-state index in [1.165, 1.54) is 18.5 Å². The van der Waals surface area contributed by atoms with E-state index in [0.29, 0.717) is 6.04 Å². The minimum Gasteiger partial charge on any atom is -0.494 e. The van der Waals surface area contributed by atoms with E-state index in [4.69, 9.17) is 4.74 Å². The number of hydrogen-bond acceptors (Lipinski definition) is 3. The molecule has 18 heavy (non-hydrogen) atoms. The lowest BCUT2D eigenvalue weighted by Gasteiger charge is -2.33. The van der Waals surface area contributed by atoms with E-state index >= 15 is 0 Å². The van der Waals surface area contributed by atoms with Gasteiger partial charge in [-0.2, -0.15) is 0 Å². The minimum absolute atomic E-state index is 0.593. The second kappa shape index (κ2) is 6.64. The number of hydrogen-bond donors (Lipinski definition) is 1. The Balaban J connectivity index is 2.07. The maximum absolute atomic E-state index is 5.49. The number of rotatable bonds is 3. The van der Waals surface area contributed by atoms with Crippen molar-refractivity contribution in [1.29, 1.82) is 0 Å². The molecular weight excluding hydrogens is 224 g/mol. The third-order valence-electron chi connectivity index (χ3n) is 3.50. The average molecular weight is 248 g/mol. The highest BCUT2D eigenvalue weighted by Crippen LogP contribution is 2.23. The SMILES string of the molecule is CCOc1ccc(N2CCCNCCC2C)cc1. The van der Waals surface area contributed by atoms with Crippen LogP contribution in [0.3, 0.4) is 0 Å². The molecule has 1 heterocycles. The first kappa shape index (κ1) is 13.2. The molecule has 100 valence electrons. The maximum Gasteiger partial charge on any atom is 0.119 e. The average Bonchev–Trinajstić information content (AvgIpc) is 2.36. The van der Waals surface area contributed by atoms with Crippen LogP contribution in [0, 0.1) is 0 Å². The summed E-state index contributed by atoms with van der Waals surface area (Å²) in [7, 11) is 0. The van der Waals surface area contributed by atoms with E-state index in [9.17, 15) is 0 Å². The first-order valence-corrected chi connectivity index (χ1v) is 7.01. The van der Waals surface area contributed by atoms with E-state index in [-0.39, 0.29) is 0 Å². The topological polar surface area (TPSA) is 24.5 Å². The normalized spacial score (nSPS) is 21.2. The smallest absolute Gasteiger partial charge is 0.119 e. The van der Waals surface area contributed by atoms with Gasteiger partial charge in [-0.25, -0.2) is 0 Å². The Morgan fingerprint density at radius 2 is 2.06 bits per heavy atom. The molecule has 1 aromatic carbocycles. The third kappa shape index (κ3) is 3.39. The van der Waals surface area contributed by atoms with Crippen LogP contribution >= 0.6 is 0 Å². The predicted octanol–water partition coefficient (Wildman–Crippen LogP) is 2.66. The van der Waals surface area contributed by atoms with Gasteiger partial charge in [0.1, 0.15) is 5.75 Å². The van der Waals surface area contributed by atoms with Crippen molar-refractivity contribution in [3.63, 3.8) is 0 Å². The summed E-state index contributed by atoms with van der Waals surface area (Å²) in [5.74, 6) is 0.961. The van der Waals surface area contributed by atoms with Crippen LogP contribution in [0.2, 0.25) is 0 Å². The summed E-state index contributed by atoms with van der Waals surface area (Å²) < 4.78 is 5.49. The van der Waals surface area contributed by atoms with Crippen LogP contribution in [0.15, 0.2) is 24.3 Å². The first-order valence-electron chi connectivity index (χ1n) is 7.01. The highest BCUT2D eigenvalue weighted by atomic mass is 16.5. The zero-order valence-corrected chi connectivity index (χ0v) is 11.5. The summed E-state index contributed by atoms with van der Waals surface area (Å²) in [6, 6.07) is 9.09. The number of benzene rings is 1. The fraction of sp³-hybridized carbons (Fsp3) is 0.600. The van der Waals surface area contributed by atoms with E-state index in [1.807, 2.05) is 6.92 Å². The summed E-state index contributed by atoms with van der Waals surface area (Å²) in [6.07, 6.45) is 2.41. The molecule has 0 aromatic heterocycles. The maximum atomic E-state index is 5.49. The number of anilines is 1. The molecular formula is C15H24N2O. The highest BCUT2D eigenvalue weighted by molar-refractivity contribution is 5.50. The molecule has 0 amide bonds. The number of nitrogens with one attached hydrogen (secondary N) is 1. The van der Waals surface area contributed by atoms with Crippen molar-refractivity contribution in [3.8, 4) is 5.75 Å². The van der Waals surface area contributed by atoms with Crippen molar-refractivity contribution in [1.82, 2.24) is 5.32 Å². The minimum atomic E-state index is 0.593. The molecule has 0 saturated carbocycles. The van der Waals surface area contributed by atoms with Crippen LogP contribution in [0.5, 0.6) is 5.75 Å². The van der Waals surface area contributed by atoms with Crippen molar-refractivity contribution >= 4 is 5.69 Å². The zero-order valence-electron chi connectivity index (χ0n) is 11.5. The largest absolute Gasteiger partial charge is 0.494 e. The lowest BCUT2D eigenvalue weighted by Crippen LogP contribution is -2.40. The summed E-state index contributed by atoms with van der Waals surface area (Å²) in [5, 5.41) is 3.47. The molecule has 2 rings (SSSR count). The molecule has 1 unspecified atom stereocenters. The summed E-state index contributed by atoms with van der Waals surface area (Å²) >= 11 is 0. The van der Waals surface area contributed by atoms with Gasteiger partial charge in [-0.05, 0) is 64.0 Å². The standard InChI is InChI=1S/C15H24N2O/c1-3-18-15-7-5-14(6-8-15)17-12-4-10-16-11-9-13(17)2/h5-8,13,16H,3-4,9-12H2,1-2H3. The van der Waals surface area contributed by atoms with Gasteiger partial charge in [0.25, 0.3) is 0 Å². The van der Waals surface area contributed by atoms with Crippen LogP contribution in [0.1, 0.15) is 26.7 Å². The Morgan fingerprint density at radius 1 is 1.28 bits per heavy atom. The van der Waals surface area contributed by atoms with Crippen molar-refractivity contribution in [2.45, 2.75) is 32.7 Å². The monoisotopic (exact) mass is 248 g/mol. The molecule has 1 aliphatic rings. The molecule has 1 aromatic rings. The summed E-state index contributed by atoms with van der Waals surface area (Å²) in [4.78, 5) is 2.51. The molecule has 1 fully saturated rings. The Labute approximate surface area is 110 Å². The molecule has 0 aliphatic carbocycles. The molecule has 3 nitrogen and oxygen atoms in total. The van der Waals surface area contributed by atoms with Crippen LogP contribution in [0.25, 0.3) is 0 Å². The van der Waals surface area contributed by atoms with Gasteiger partial charge >= 0.3 is 0 Å². The Hall–Kier alpha value is -1.22. The van der Waals surface area contributed by atoms with Crippen molar-refractivity contribution in [3.05, 3.63) is 24.3 Å². The summed E-state index contributed by atoms with van der Waals surface area (Å²) in [5.41, 5.74) is 1.31. The van der Waals surface area contributed by atoms with Crippen LogP contribution in [-0.4, -0.2) is 32.3 Å². The quantitative estimate of drug-likeness (QED) is 0.890. The third-order valence-corrected chi connectivity index (χ3v) is 3.50. The Morgan fingerprint density at radius 3 is 2.78 bits per heavy atom. The van der Waals surface area contributed by atoms with Crippen LogP contribution in [-0.2, 0) is 0 Å². The molecule has 1 atom stereocenters. The molecule has 1 saturated heterocycles. The Kier molecular flexibility index (Phi) is 4.88. The van der Waals surface area contributed by atoms with Gasteiger partial charge < -0.3 is 15.0 Å². The van der Waals surface area contributed by atoms with Gasteiger partial charge in [0.15, 0.2) is 0 Å². The second-order valence-corrected chi connectivity index (χ2v) is 4.86. The van der Waals surface area contributed by atoms with Gasteiger partial charge in [-0.3, -0.25) is 0 Å². The van der Waals surface area contributed by atoms with Gasteiger partial charge in [0, 0.05) is 18.3 Å². The van der Waals surface area contributed by atoms with Crippen molar-refractivity contribution in [2.75, 3.05) is 31.1 Å². The number of nitrogens with zero attached hydrogens (tertiary/aromatic N) is 1. The zero-order chi connectivity index (χ0) is 12.8. The fourth-order valence-corrected chi connectivity index (χ4v) is 2.47. The fourth-order valence-electron chi connectivity index (χ4n) is 2.47. The van der Waals surface area contributed by atoms with E-state index in [2.05, 4.69) is 41.4 Å². The molecule has 1 aliphatic heterocycles. The lowest BCUT2D eigenvalue weighted by atomic mass is 10.1. The lowest BCUT2D eigenvalue weighted by molar-refractivity contribution is 0.340. The van der Waals surface area contributed by atoms with Gasteiger partial charge in [0.2, 0.25) is 0 Å². The van der Waals surface area contributed by atoms with E-state index < -0.39 is 0 Å². The number of ether oxygens (including phenoxy) is 1. The molecule has 1 N–H and O–H groups in total. The predicted molar refractivity (Wildman–Crippen MR) is 76.5 cm³/mol. The first-order chi connectivity index (χ1) is 8.81. The second-order valence-electron chi connectivity index (χ2n) is 4.86. The van der Waals surface area contributed by atoms with Crippen molar-refractivity contribution < 1.29 is 4.74 Å². The van der Waals surface area contributed by atoms with Gasteiger partial charge in [0.05, 0.1) is 6.61 Å². The molecule has 0 spiro atoms. The van der Waals surface area contributed by atoms with Crippen molar-refractivity contribution in [2.24, 2.45) is 0 Å². The Bertz CT molecular complexity index is 350. The molecule has 3 heteroatoms. The van der Waals surface area contributed by atoms with E-state index in [1.54, 1.807) is 0 Å².